The molecule has 0 aromatic heterocycles. The van der Waals surface area contributed by atoms with Gasteiger partial charge >= 0.3 is 29.6 Å². The van der Waals surface area contributed by atoms with Gasteiger partial charge in [-0.1, -0.05) is 77.9 Å². The average Bonchev–Trinajstić information content (AvgIpc) is 2.39. The molecule has 0 aliphatic heterocycles. The molecule has 3 nitrogen and oxygen atoms in total. The normalized spacial score (nSPS) is 8.30. The molecule has 20 heavy (non-hydrogen) atoms. The van der Waals surface area contributed by atoms with Crippen molar-refractivity contribution < 1.29 is 15.3 Å². The molecule has 0 fully saturated rings. The molecule has 0 unspecified atom stereocenters. The monoisotopic (exact) mass is 298 g/mol. The molecule has 0 bridgehead atoms. The van der Waals surface area contributed by atoms with Crippen LogP contribution in [0, 0.1) is 0 Å². The van der Waals surface area contributed by atoms with Gasteiger partial charge in [0, 0.05) is 6.61 Å². The van der Waals surface area contributed by atoms with E-state index in [-0.39, 0.29) is 35.0 Å². The Morgan fingerprint density at radius 3 is 1.40 bits per heavy atom. The van der Waals surface area contributed by atoms with E-state index >= 15 is 0 Å². The van der Waals surface area contributed by atoms with E-state index in [1.165, 1.54) is 70.3 Å². The van der Waals surface area contributed by atoms with Crippen LogP contribution in [0.2, 0.25) is 0 Å². The van der Waals surface area contributed by atoms with Crippen molar-refractivity contribution in [3.63, 3.8) is 0 Å². The zero-order chi connectivity index (χ0) is 13.9. The third-order valence-electron chi connectivity index (χ3n) is 2.70. The first kappa shape index (κ1) is 28.4. The van der Waals surface area contributed by atoms with Gasteiger partial charge in [-0.05, 0) is 6.42 Å². The van der Waals surface area contributed by atoms with E-state index in [0.29, 0.717) is 6.61 Å². The van der Waals surface area contributed by atoms with Crippen molar-refractivity contribution in [1.82, 2.24) is 0 Å². The van der Waals surface area contributed by atoms with Crippen molar-refractivity contribution in [2.24, 2.45) is 0 Å². The Kier molecular flexibility index (Phi) is 44.7. The van der Waals surface area contributed by atoms with Crippen LogP contribution in [0.1, 0.15) is 71.1 Å². The standard InChI is InChI=1S/C12H26O.C4H6O.Na.H2O.H/c1-2-3-4-5-6-7-8-9-10-11-12-13;1-3-5-4-2;;;/h13H,2-12H2,1H3;3-4H,1-2H2;;1H2;. The first-order valence-electron chi connectivity index (χ1n) is 7.31. The summed E-state index contributed by atoms with van der Waals surface area (Å²) in [6.45, 7) is 9.14. The van der Waals surface area contributed by atoms with Crippen LogP contribution in [0.4, 0.5) is 0 Å². The maximum absolute atomic E-state index is 8.57. The molecule has 118 valence electrons. The van der Waals surface area contributed by atoms with Crippen molar-refractivity contribution in [1.29, 1.82) is 0 Å². The van der Waals surface area contributed by atoms with Gasteiger partial charge in [-0.15, -0.1) is 0 Å². The minimum absolute atomic E-state index is 0. The summed E-state index contributed by atoms with van der Waals surface area (Å²) in [7, 11) is 0. The van der Waals surface area contributed by atoms with Gasteiger partial charge in [-0.2, -0.15) is 0 Å². The van der Waals surface area contributed by atoms with Crippen LogP contribution >= 0.6 is 0 Å². The summed E-state index contributed by atoms with van der Waals surface area (Å²) in [5.74, 6) is 0. The van der Waals surface area contributed by atoms with Crippen LogP contribution in [0.3, 0.4) is 0 Å². The van der Waals surface area contributed by atoms with E-state index in [0.717, 1.165) is 6.42 Å². The number of aliphatic hydroxyl groups excluding tert-OH is 1. The van der Waals surface area contributed by atoms with Gasteiger partial charge in [-0.3, -0.25) is 0 Å². The molecule has 0 aliphatic carbocycles. The third kappa shape index (κ3) is 36.2. The van der Waals surface area contributed by atoms with Gasteiger partial charge in [-0.25, -0.2) is 0 Å². The molecule has 0 amide bonds. The number of rotatable bonds is 12. The van der Waals surface area contributed by atoms with E-state index in [9.17, 15) is 0 Å². The fraction of sp³-hybridized carbons (Fsp3) is 0.750. The first-order chi connectivity index (χ1) is 8.83. The van der Waals surface area contributed by atoms with Gasteiger partial charge in [0.15, 0.2) is 0 Å². The summed E-state index contributed by atoms with van der Waals surface area (Å²) < 4.78 is 4.36. The molecule has 0 aliphatic rings. The summed E-state index contributed by atoms with van der Waals surface area (Å²) in [6.07, 6.45) is 15.9. The SMILES string of the molecule is C=COC=C.CCCCCCCCCCCCO.O.[NaH]. The Morgan fingerprint density at radius 1 is 0.800 bits per heavy atom. The van der Waals surface area contributed by atoms with Crippen molar-refractivity contribution in [2.45, 2.75) is 71.1 Å². The van der Waals surface area contributed by atoms with E-state index in [1.54, 1.807) is 0 Å². The molecular formula is C16H35NaO3. The van der Waals surface area contributed by atoms with Crippen LogP contribution in [-0.4, -0.2) is 46.7 Å². The minimum atomic E-state index is 0. The van der Waals surface area contributed by atoms with Gasteiger partial charge in [0.05, 0.1) is 12.5 Å². The Bertz CT molecular complexity index is 148. The quantitative estimate of drug-likeness (QED) is 0.339. The number of hydrogen-bond acceptors (Lipinski definition) is 2. The summed E-state index contributed by atoms with van der Waals surface area (Å²) >= 11 is 0. The molecule has 0 aromatic carbocycles. The van der Waals surface area contributed by atoms with Crippen LogP contribution in [0.15, 0.2) is 25.7 Å². The Labute approximate surface area is 148 Å². The van der Waals surface area contributed by atoms with Crippen molar-refractivity contribution >= 4 is 29.6 Å². The number of unbranched alkanes of at least 4 members (excludes halogenated alkanes) is 9. The van der Waals surface area contributed by atoms with Gasteiger partial charge in [0.25, 0.3) is 0 Å². The van der Waals surface area contributed by atoms with Crippen LogP contribution < -0.4 is 0 Å². The third-order valence-corrected chi connectivity index (χ3v) is 2.70. The van der Waals surface area contributed by atoms with Crippen LogP contribution in [0.5, 0.6) is 0 Å². The zero-order valence-electron chi connectivity index (χ0n) is 12.7. The number of hydrogen-bond donors (Lipinski definition) is 1. The molecule has 0 saturated heterocycles. The molecule has 0 spiro atoms. The number of aliphatic hydroxyl groups is 1. The predicted octanol–water partition coefficient (Wildman–Crippen LogP) is 3.72. The molecule has 3 N–H and O–H groups in total. The van der Waals surface area contributed by atoms with Crippen molar-refractivity contribution in [3.8, 4) is 0 Å². The molecular weight excluding hydrogens is 263 g/mol. The van der Waals surface area contributed by atoms with E-state index in [4.69, 9.17) is 5.11 Å². The summed E-state index contributed by atoms with van der Waals surface area (Å²) in [6, 6.07) is 0. The van der Waals surface area contributed by atoms with Crippen LogP contribution in [-0.2, 0) is 4.74 Å². The number of ether oxygens (including phenoxy) is 1. The molecule has 0 aromatic rings. The maximum atomic E-state index is 8.57. The summed E-state index contributed by atoms with van der Waals surface area (Å²) in [4.78, 5) is 0. The Balaban J connectivity index is -0.000000158. The molecule has 0 rings (SSSR count). The molecule has 0 heterocycles. The van der Waals surface area contributed by atoms with E-state index in [1.807, 2.05) is 0 Å². The van der Waals surface area contributed by atoms with Gasteiger partial charge < -0.3 is 15.3 Å². The topological polar surface area (TPSA) is 61.0 Å². The fourth-order valence-electron chi connectivity index (χ4n) is 1.67. The van der Waals surface area contributed by atoms with E-state index in [2.05, 4.69) is 24.8 Å². The predicted molar refractivity (Wildman–Crippen MR) is 91.2 cm³/mol. The fourth-order valence-corrected chi connectivity index (χ4v) is 1.67. The van der Waals surface area contributed by atoms with Gasteiger partial charge in [0.1, 0.15) is 0 Å². The van der Waals surface area contributed by atoms with Crippen molar-refractivity contribution in [2.75, 3.05) is 6.61 Å². The summed E-state index contributed by atoms with van der Waals surface area (Å²) in [5, 5.41) is 8.57. The van der Waals surface area contributed by atoms with Crippen molar-refractivity contribution in [3.05, 3.63) is 25.7 Å². The molecule has 0 saturated carbocycles. The Hall–Kier alpha value is 0.200. The second-order valence-electron chi connectivity index (χ2n) is 4.38. The summed E-state index contributed by atoms with van der Waals surface area (Å²) in [5.41, 5.74) is 0. The van der Waals surface area contributed by atoms with Crippen LogP contribution in [0.25, 0.3) is 0 Å². The average molecular weight is 298 g/mol. The Morgan fingerprint density at radius 2 is 1.15 bits per heavy atom. The molecule has 0 radical (unpaired) electrons. The second-order valence-corrected chi connectivity index (χ2v) is 4.38. The first-order valence-corrected chi connectivity index (χ1v) is 7.31. The zero-order valence-corrected chi connectivity index (χ0v) is 12.7. The second kappa shape index (κ2) is 31.5. The molecule has 0 atom stereocenters. The van der Waals surface area contributed by atoms with Gasteiger partial charge in [0.2, 0.25) is 0 Å². The van der Waals surface area contributed by atoms with E-state index < -0.39 is 0 Å². The molecule has 4 heteroatoms.